The lowest BCUT2D eigenvalue weighted by Gasteiger charge is -2.32. The van der Waals surface area contributed by atoms with Crippen LogP contribution in [0.15, 0.2) is 48.5 Å². The summed E-state index contributed by atoms with van der Waals surface area (Å²) >= 11 is 0. The van der Waals surface area contributed by atoms with Crippen LogP contribution in [0.1, 0.15) is 36.5 Å². The van der Waals surface area contributed by atoms with Gasteiger partial charge in [0.25, 0.3) is 0 Å². The van der Waals surface area contributed by atoms with Gasteiger partial charge in [0.05, 0.1) is 12.5 Å². The molecule has 0 bridgehead atoms. The van der Waals surface area contributed by atoms with Gasteiger partial charge in [0.15, 0.2) is 0 Å². The zero-order valence-electron chi connectivity index (χ0n) is 16.6. The maximum absolute atomic E-state index is 11.9. The SMILES string of the molecule is CCOC(=O)C1CCN(CC2Cc3cc(Cc4ccccc4)ccc3O2)CC1. The maximum Gasteiger partial charge on any atom is 0.309 e. The number of fused-ring (bicyclic) bond motifs is 1. The first-order valence-corrected chi connectivity index (χ1v) is 10.4. The Balaban J connectivity index is 1.29. The minimum atomic E-state index is -0.0300. The number of rotatable bonds is 6. The van der Waals surface area contributed by atoms with Crippen molar-refractivity contribution in [3.8, 4) is 5.75 Å². The lowest BCUT2D eigenvalue weighted by molar-refractivity contribution is -0.149. The molecule has 4 nitrogen and oxygen atoms in total. The Morgan fingerprint density at radius 2 is 1.89 bits per heavy atom. The van der Waals surface area contributed by atoms with Crippen molar-refractivity contribution in [3.63, 3.8) is 0 Å². The van der Waals surface area contributed by atoms with E-state index in [1.165, 1.54) is 16.7 Å². The van der Waals surface area contributed by atoms with Crippen molar-refractivity contribution in [2.45, 2.75) is 38.7 Å². The normalized spacial score (nSPS) is 19.8. The second-order valence-corrected chi connectivity index (χ2v) is 7.88. The van der Waals surface area contributed by atoms with Gasteiger partial charge < -0.3 is 9.47 Å². The molecule has 2 aliphatic heterocycles. The molecule has 1 saturated heterocycles. The summed E-state index contributed by atoms with van der Waals surface area (Å²) in [6, 6.07) is 17.2. The first-order chi connectivity index (χ1) is 13.7. The van der Waals surface area contributed by atoms with Crippen LogP contribution in [-0.2, 0) is 22.4 Å². The van der Waals surface area contributed by atoms with Gasteiger partial charge in [0, 0.05) is 13.0 Å². The van der Waals surface area contributed by atoms with Gasteiger partial charge in [-0.25, -0.2) is 0 Å². The largest absolute Gasteiger partial charge is 0.488 e. The van der Waals surface area contributed by atoms with E-state index in [2.05, 4.69) is 53.4 Å². The zero-order chi connectivity index (χ0) is 19.3. The summed E-state index contributed by atoms with van der Waals surface area (Å²) in [5, 5.41) is 0. The van der Waals surface area contributed by atoms with Gasteiger partial charge in [-0.3, -0.25) is 9.69 Å². The highest BCUT2D eigenvalue weighted by Gasteiger charge is 2.30. The Labute approximate surface area is 167 Å². The summed E-state index contributed by atoms with van der Waals surface area (Å²) in [5.41, 5.74) is 3.99. The van der Waals surface area contributed by atoms with Crippen LogP contribution in [0.2, 0.25) is 0 Å². The van der Waals surface area contributed by atoms with Gasteiger partial charge in [-0.2, -0.15) is 0 Å². The molecule has 1 atom stereocenters. The van der Waals surface area contributed by atoms with Gasteiger partial charge in [-0.1, -0.05) is 42.5 Å². The summed E-state index contributed by atoms with van der Waals surface area (Å²) < 4.78 is 11.4. The van der Waals surface area contributed by atoms with Crippen LogP contribution >= 0.6 is 0 Å². The van der Waals surface area contributed by atoms with Crippen LogP contribution in [0.4, 0.5) is 0 Å². The summed E-state index contributed by atoms with van der Waals surface area (Å²) in [7, 11) is 0. The van der Waals surface area contributed by atoms with Crippen molar-refractivity contribution in [2.24, 2.45) is 5.92 Å². The fraction of sp³-hybridized carbons (Fsp3) is 0.458. The number of esters is 1. The van der Waals surface area contributed by atoms with Gasteiger partial charge in [-0.15, -0.1) is 0 Å². The fourth-order valence-corrected chi connectivity index (χ4v) is 4.32. The molecule has 28 heavy (non-hydrogen) atoms. The first-order valence-electron chi connectivity index (χ1n) is 10.4. The molecule has 0 radical (unpaired) electrons. The van der Waals surface area contributed by atoms with E-state index < -0.39 is 0 Å². The van der Waals surface area contributed by atoms with Crippen molar-refractivity contribution in [1.82, 2.24) is 4.90 Å². The van der Waals surface area contributed by atoms with Crippen LogP contribution < -0.4 is 4.74 Å². The van der Waals surface area contributed by atoms with Gasteiger partial charge in [0.1, 0.15) is 11.9 Å². The molecule has 2 aromatic rings. The summed E-state index contributed by atoms with van der Waals surface area (Å²) in [6.45, 7) is 5.16. The molecule has 0 aromatic heterocycles. The number of hydrogen-bond donors (Lipinski definition) is 0. The molecular formula is C24H29NO3. The topological polar surface area (TPSA) is 38.8 Å². The van der Waals surface area contributed by atoms with Gasteiger partial charge >= 0.3 is 5.97 Å². The molecule has 148 valence electrons. The highest BCUT2D eigenvalue weighted by Crippen LogP contribution is 2.31. The van der Waals surface area contributed by atoms with Crippen LogP contribution in [0.25, 0.3) is 0 Å². The maximum atomic E-state index is 11.9. The number of nitrogens with zero attached hydrogens (tertiary/aromatic N) is 1. The number of piperidine rings is 1. The van der Waals surface area contributed by atoms with Crippen molar-refractivity contribution >= 4 is 5.97 Å². The van der Waals surface area contributed by atoms with E-state index in [4.69, 9.17) is 9.47 Å². The molecular weight excluding hydrogens is 350 g/mol. The predicted octanol–water partition coefficient (Wildman–Crippen LogP) is 3.86. The predicted molar refractivity (Wildman–Crippen MR) is 110 cm³/mol. The highest BCUT2D eigenvalue weighted by molar-refractivity contribution is 5.72. The van der Waals surface area contributed by atoms with Crippen LogP contribution in [0.5, 0.6) is 5.75 Å². The van der Waals surface area contributed by atoms with Crippen molar-refractivity contribution < 1.29 is 14.3 Å². The summed E-state index contributed by atoms with van der Waals surface area (Å²) in [6.07, 6.45) is 3.91. The Morgan fingerprint density at radius 1 is 1.11 bits per heavy atom. The molecule has 2 aliphatic rings. The Kier molecular flexibility index (Phi) is 5.96. The number of carbonyl (C=O) groups is 1. The van der Waals surface area contributed by atoms with E-state index in [0.717, 1.165) is 51.1 Å². The van der Waals surface area contributed by atoms with Crippen LogP contribution in [-0.4, -0.2) is 43.2 Å². The smallest absolute Gasteiger partial charge is 0.309 e. The average molecular weight is 380 g/mol. The lowest BCUT2D eigenvalue weighted by Crippen LogP contribution is -2.42. The lowest BCUT2D eigenvalue weighted by atomic mass is 9.96. The van der Waals surface area contributed by atoms with E-state index >= 15 is 0 Å². The molecule has 0 aliphatic carbocycles. The number of likely N-dealkylation sites (tertiary alicyclic amines) is 1. The molecule has 0 amide bonds. The van der Waals surface area contributed by atoms with Crippen molar-refractivity contribution in [1.29, 1.82) is 0 Å². The molecule has 4 rings (SSSR count). The molecule has 2 heterocycles. The molecule has 0 spiro atoms. The first kappa shape index (κ1) is 19.0. The minimum Gasteiger partial charge on any atom is -0.488 e. The Bertz CT molecular complexity index is 797. The Morgan fingerprint density at radius 3 is 2.64 bits per heavy atom. The van der Waals surface area contributed by atoms with Crippen molar-refractivity contribution in [2.75, 3.05) is 26.2 Å². The number of carbonyl (C=O) groups excluding carboxylic acids is 1. The van der Waals surface area contributed by atoms with E-state index in [1.807, 2.05) is 6.92 Å². The van der Waals surface area contributed by atoms with Crippen LogP contribution in [0, 0.1) is 5.92 Å². The number of hydrogen-bond acceptors (Lipinski definition) is 4. The third kappa shape index (κ3) is 4.56. The number of benzene rings is 2. The quantitative estimate of drug-likeness (QED) is 0.715. The average Bonchev–Trinajstić information content (AvgIpc) is 3.11. The van der Waals surface area contributed by atoms with E-state index in [1.54, 1.807) is 0 Å². The zero-order valence-corrected chi connectivity index (χ0v) is 16.6. The van der Waals surface area contributed by atoms with Crippen molar-refractivity contribution in [3.05, 3.63) is 65.2 Å². The molecule has 1 unspecified atom stereocenters. The van der Waals surface area contributed by atoms with Gasteiger partial charge in [0.2, 0.25) is 0 Å². The molecule has 0 N–H and O–H groups in total. The molecule has 0 saturated carbocycles. The standard InChI is InChI=1S/C24H29NO3/c1-2-27-24(26)20-10-12-25(13-11-20)17-22-16-21-15-19(8-9-23(21)28-22)14-18-6-4-3-5-7-18/h3-9,15,20,22H,2,10-14,16-17H2,1H3. The monoisotopic (exact) mass is 379 g/mol. The van der Waals surface area contributed by atoms with E-state index in [0.29, 0.717) is 6.61 Å². The highest BCUT2D eigenvalue weighted by atomic mass is 16.5. The third-order valence-electron chi connectivity index (χ3n) is 5.79. The molecule has 4 heteroatoms. The van der Waals surface area contributed by atoms with Crippen LogP contribution in [0.3, 0.4) is 0 Å². The summed E-state index contributed by atoms with van der Waals surface area (Å²) in [5.74, 6) is 1.07. The van der Waals surface area contributed by atoms with E-state index in [-0.39, 0.29) is 18.0 Å². The fourth-order valence-electron chi connectivity index (χ4n) is 4.32. The third-order valence-corrected chi connectivity index (χ3v) is 5.79. The molecule has 1 fully saturated rings. The Hall–Kier alpha value is -2.33. The summed E-state index contributed by atoms with van der Waals surface area (Å²) in [4.78, 5) is 14.3. The second kappa shape index (κ2) is 8.78. The molecule has 2 aromatic carbocycles. The second-order valence-electron chi connectivity index (χ2n) is 7.88. The van der Waals surface area contributed by atoms with Gasteiger partial charge in [-0.05, 0) is 62.0 Å². The number of ether oxygens (including phenoxy) is 2. The minimum absolute atomic E-state index is 0.0300. The van der Waals surface area contributed by atoms with E-state index in [9.17, 15) is 4.79 Å².